The van der Waals surface area contributed by atoms with E-state index in [1.807, 2.05) is 0 Å². The van der Waals surface area contributed by atoms with Crippen LogP contribution in [0.4, 0.5) is 0 Å². The van der Waals surface area contributed by atoms with Crippen LogP contribution in [0, 0.1) is 45.8 Å². The van der Waals surface area contributed by atoms with Gasteiger partial charge in [0, 0.05) is 23.7 Å². The molecule has 0 radical (unpaired) electrons. The van der Waals surface area contributed by atoms with Gasteiger partial charge in [-0.2, -0.15) is 0 Å². The van der Waals surface area contributed by atoms with Crippen molar-refractivity contribution in [2.75, 3.05) is 13.2 Å². The molecule has 4 aliphatic carbocycles. The van der Waals surface area contributed by atoms with Crippen LogP contribution in [0.15, 0.2) is 11.6 Å². The first-order chi connectivity index (χ1) is 16.5. The summed E-state index contributed by atoms with van der Waals surface area (Å²) in [6.45, 7) is 14.5. The average molecular weight is 489 g/mol. The molecule has 1 N–H and O–H groups in total. The topological polar surface area (TPSA) is 77.5 Å². The maximum atomic E-state index is 11.6. The number of esters is 1. The monoisotopic (exact) mass is 488 g/mol. The quantitative estimate of drug-likeness (QED) is 0.358. The van der Waals surface area contributed by atoms with E-state index >= 15 is 0 Å². The minimum Gasteiger partial charge on any atom is -0.455 e. The summed E-state index contributed by atoms with van der Waals surface area (Å²) in [5.74, 6) is 1.82. The van der Waals surface area contributed by atoms with E-state index < -0.39 is 0 Å². The number of hydrogen-bond acceptors (Lipinski definition) is 6. The highest BCUT2D eigenvalue weighted by Gasteiger charge is 2.69. The van der Waals surface area contributed by atoms with Crippen LogP contribution >= 0.6 is 0 Å². The van der Waals surface area contributed by atoms with Crippen molar-refractivity contribution in [1.82, 2.24) is 0 Å². The summed E-state index contributed by atoms with van der Waals surface area (Å²) < 4.78 is 24.2. The van der Waals surface area contributed by atoms with Crippen molar-refractivity contribution >= 4 is 5.97 Å². The maximum Gasteiger partial charge on any atom is 0.303 e. The zero-order valence-electron chi connectivity index (χ0n) is 22.3. The van der Waals surface area contributed by atoms with Crippen molar-refractivity contribution in [1.29, 1.82) is 0 Å². The minimum atomic E-state index is -0.353. The number of epoxide rings is 1. The fourth-order valence-corrected chi connectivity index (χ4v) is 9.44. The Morgan fingerprint density at radius 2 is 1.83 bits per heavy atom. The van der Waals surface area contributed by atoms with Gasteiger partial charge in [-0.15, -0.1) is 0 Å². The lowest BCUT2D eigenvalue weighted by Crippen LogP contribution is -2.58. The highest BCUT2D eigenvalue weighted by molar-refractivity contribution is 5.66. The van der Waals surface area contributed by atoms with Gasteiger partial charge in [0.05, 0.1) is 25.4 Å². The Labute approximate surface area is 210 Å². The van der Waals surface area contributed by atoms with Crippen LogP contribution in [-0.2, 0) is 23.7 Å². The third-order valence-corrected chi connectivity index (χ3v) is 11.2. The van der Waals surface area contributed by atoms with Crippen molar-refractivity contribution in [2.45, 2.75) is 104 Å². The molecule has 0 bridgehead atoms. The molecule has 0 amide bonds. The molecule has 0 aromatic carbocycles. The first-order valence-corrected chi connectivity index (χ1v) is 13.9. The lowest BCUT2D eigenvalue weighted by Gasteiger charge is -2.59. The number of rotatable bonds is 3. The Morgan fingerprint density at radius 1 is 1.11 bits per heavy atom. The maximum absolute atomic E-state index is 11.6. The van der Waals surface area contributed by atoms with Crippen molar-refractivity contribution in [2.24, 2.45) is 45.8 Å². The zero-order chi connectivity index (χ0) is 24.9. The van der Waals surface area contributed by atoms with Gasteiger partial charge in [0.25, 0.3) is 0 Å². The second-order valence-corrected chi connectivity index (χ2v) is 13.9. The van der Waals surface area contributed by atoms with Crippen LogP contribution in [0.1, 0.15) is 73.6 Å². The number of aliphatic hydroxyl groups is 1. The third-order valence-electron chi connectivity index (χ3n) is 11.2. The molecule has 6 rings (SSSR count). The molecule has 0 aromatic heterocycles. The summed E-state index contributed by atoms with van der Waals surface area (Å²) in [6, 6.07) is 0. The first kappa shape index (κ1) is 24.4. The number of aliphatic hydroxyl groups excluding tert-OH is 1. The number of carbonyl (C=O) groups is 1. The van der Waals surface area contributed by atoms with Crippen LogP contribution in [0.25, 0.3) is 0 Å². The molecule has 6 nitrogen and oxygen atoms in total. The zero-order valence-corrected chi connectivity index (χ0v) is 22.3. The van der Waals surface area contributed by atoms with Crippen LogP contribution < -0.4 is 0 Å². The molecule has 6 heteroatoms. The molecule has 0 aromatic rings. The molecular weight excluding hydrogens is 444 g/mol. The predicted molar refractivity (Wildman–Crippen MR) is 130 cm³/mol. The van der Waals surface area contributed by atoms with E-state index in [2.05, 4.69) is 40.7 Å². The molecule has 196 valence electrons. The molecule has 6 aliphatic rings. The van der Waals surface area contributed by atoms with Crippen molar-refractivity contribution in [3.63, 3.8) is 0 Å². The van der Waals surface area contributed by atoms with Gasteiger partial charge in [-0.1, -0.05) is 40.2 Å². The number of fused-ring (bicyclic) bond motifs is 7. The van der Waals surface area contributed by atoms with Crippen LogP contribution in [0.5, 0.6) is 0 Å². The van der Waals surface area contributed by atoms with Gasteiger partial charge in [-0.05, 0) is 67.3 Å². The fraction of sp³-hybridized carbons (Fsp3) is 0.897. The summed E-state index contributed by atoms with van der Waals surface area (Å²) in [4.78, 5) is 11.6. The lowest BCUT2D eigenvalue weighted by molar-refractivity contribution is -0.253. The highest BCUT2D eigenvalue weighted by atomic mass is 16.7. The first-order valence-electron chi connectivity index (χ1n) is 13.9. The van der Waals surface area contributed by atoms with Gasteiger partial charge in [0.1, 0.15) is 12.2 Å². The molecule has 2 aliphatic heterocycles. The molecular formula is C29H44O6. The summed E-state index contributed by atoms with van der Waals surface area (Å²) >= 11 is 0. The smallest absolute Gasteiger partial charge is 0.303 e. The van der Waals surface area contributed by atoms with E-state index in [-0.39, 0.29) is 58.8 Å². The second-order valence-electron chi connectivity index (χ2n) is 13.9. The highest BCUT2D eigenvalue weighted by Crippen LogP contribution is 2.69. The summed E-state index contributed by atoms with van der Waals surface area (Å²) in [5, 5.41) is 11.6. The van der Waals surface area contributed by atoms with E-state index in [0.29, 0.717) is 30.1 Å². The van der Waals surface area contributed by atoms with Crippen LogP contribution in [0.3, 0.4) is 0 Å². The van der Waals surface area contributed by atoms with E-state index in [0.717, 1.165) is 19.6 Å². The van der Waals surface area contributed by atoms with Gasteiger partial charge < -0.3 is 24.1 Å². The number of ether oxygens (including phenoxy) is 4. The Balaban J connectivity index is 1.24. The number of carbonyl (C=O) groups excluding carboxylic acids is 1. The van der Waals surface area contributed by atoms with Crippen molar-refractivity contribution < 1.29 is 28.8 Å². The van der Waals surface area contributed by atoms with E-state index in [4.69, 9.17) is 18.9 Å². The second kappa shape index (κ2) is 8.02. The normalized spacial score (nSPS) is 51.2. The van der Waals surface area contributed by atoms with Gasteiger partial charge in [0.2, 0.25) is 0 Å². The molecule has 0 spiro atoms. The molecule has 2 saturated heterocycles. The lowest BCUT2D eigenvalue weighted by atomic mass is 9.45. The van der Waals surface area contributed by atoms with Crippen LogP contribution in [0.2, 0.25) is 0 Å². The standard InChI is InChI=1S/C29H44O6/c1-15(26-32-13-27(3,4)14-33-26)18-7-8-19-23-20(9-10-28(18,19)5)29(6)17(11-21(23)31)12-22(34-16(2)30)24-25(29)35-24/h12,15,18-26,31H,7-11,13-14H2,1-6H3/t15?,18-,19+,20+,21-,22-,23+,24+,25+,28-,29+/m1/s1. The van der Waals surface area contributed by atoms with E-state index in [1.165, 1.54) is 31.8 Å². The van der Waals surface area contributed by atoms with Crippen LogP contribution in [-0.4, -0.2) is 55.0 Å². The summed E-state index contributed by atoms with van der Waals surface area (Å²) in [7, 11) is 0. The predicted octanol–water partition coefficient (Wildman–Crippen LogP) is 4.49. The Kier molecular flexibility index (Phi) is 5.59. The van der Waals surface area contributed by atoms with Gasteiger partial charge >= 0.3 is 5.97 Å². The summed E-state index contributed by atoms with van der Waals surface area (Å²) in [5.41, 5.74) is 1.45. The largest absolute Gasteiger partial charge is 0.455 e. The molecule has 11 atom stereocenters. The average Bonchev–Trinajstić information content (AvgIpc) is 3.52. The molecule has 35 heavy (non-hydrogen) atoms. The van der Waals surface area contributed by atoms with Crippen molar-refractivity contribution in [3.8, 4) is 0 Å². The Morgan fingerprint density at radius 3 is 2.51 bits per heavy atom. The summed E-state index contributed by atoms with van der Waals surface area (Å²) in [6.07, 6.45) is 6.69. The van der Waals surface area contributed by atoms with E-state index in [1.54, 1.807) is 0 Å². The Bertz CT molecular complexity index is 903. The Hall–Kier alpha value is -0.950. The SMILES string of the molecule is CC(=O)O[C@@H]1C=C2C[C@@H](O)[C@H]3[C@@H]4CC[C@H](C(C)C5OCC(C)(C)CO5)[C@@]4(C)CC[C@@H]3[C@@]2(C)[C@H]2O[C@@H]12. The van der Waals surface area contributed by atoms with Crippen molar-refractivity contribution in [3.05, 3.63) is 11.6 Å². The number of hydrogen-bond donors (Lipinski definition) is 1. The minimum absolute atomic E-state index is 0.0296. The van der Waals surface area contributed by atoms with E-state index in [9.17, 15) is 9.90 Å². The molecule has 3 saturated carbocycles. The van der Waals surface area contributed by atoms with Gasteiger partial charge in [0.15, 0.2) is 6.29 Å². The molecule has 5 fully saturated rings. The van der Waals surface area contributed by atoms with Gasteiger partial charge in [-0.3, -0.25) is 4.79 Å². The van der Waals surface area contributed by atoms with Gasteiger partial charge in [-0.25, -0.2) is 0 Å². The molecule has 1 unspecified atom stereocenters. The molecule has 2 heterocycles. The fourth-order valence-electron chi connectivity index (χ4n) is 9.44. The third kappa shape index (κ3) is 3.60.